The molecule has 3 fully saturated rings. The number of nitrogens with two attached hydrogens (primary N) is 1. The Balaban J connectivity index is 1.28. The van der Waals surface area contributed by atoms with E-state index in [1.54, 1.807) is 22.8 Å². The summed E-state index contributed by atoms with van der Waals surface area (Å²) in [6, 6.07) is 0.763. The molecule has 5 rings (SSSR count). The number of piperazine rings is 1. The summed E-state index contributed by atoms with van der Waals surface area (Å²) in [6.07, 6.45) is 0.185. The van der Waals surface area contributed by atoms with Gasteiger partial charge in [0.05, 0.1) is 30.3 Å². The van der Waals surface area contributed by atoms with E-state index < -0.39 is 11.7 Å². The zero-order valence-corrected chi connectivity index (χ0v) is 25.0. The van der Waals surface area contributed by atoms with Crippen LogP contribution in [0.4, 0.5) is 30.9 Å². The number of halogens is 3. The maximum atomic E-state index is 14.0. The van der Waals surface area contributed by atoms with Gasteiger partial charge in [-0.05, 0) is 25.5 Å². The van der Waals surface area contributed by atoms with Gasteiger partial charge in [-0.25, -0.2) is 4.98 Å². The zero-order chi connectivity index (χ0) is 32.1. The third-order valence-corrected chi connectivity index (χ3v) is 8.08. The van der Waals surface area contributed by atoms with Crippen molar-refractivity contribution in [2.24, 2.45) is 5.92 Å². The first-order chi connectivity index (χ1) is 21.5. The molecule has 0 aromatic carbocycles. The number of ether oxygens (including phenoxy) is 1. The number of anilines is 3. The lowest BCUT2D eigenvalue weighted by Gasteiger charge is -2.36. The molecule has 16 heteroatoms. The topological polar surface area (TPSA) is 151 Å². The van der Waals surface area contributed by atoms with Crippen molar-refractivity contribution in [3.8, 4) is 11.4 Å². The first-order valence-corrected chi connectivity index (χ1v) is 14.9. The number of hydrogen-bond donors (Lipinski definition) is 1. The molecular formula is C29H36F3N9O4. The summed E-state index contributed by atoms with van der Waals surface area (Å²) in [5, 5.41) is 0. The van der Waals surface area contributed by atoms with Crippen molar-refractivity contribution in [2.45, 2.75) is 32.4 Å². The van der Waals surface area contributed by atoms with Crippen LogP contribution in [0, 0.1) is 5.92 Å². The molecule has 0 bridgehead atoms. The van der Waals surface area contributed by atoms with Gasteiger partial charge in [0.1, 0.15) is 5.82 Å². The number of pyridine rings is 1. The predicted octanol–water partition coefficient (Wildman–Crippen LogP) is 1.79. The first-order valence-electron chi connectivity index (χ1n) is 14.9. The number of alkyl halides is 3. The second kappa shape index (κ2) is 13.7. The van der Waals surface area contributed by atoms with E-state index in [1.807, 2.05) is 9.80 Å². The number of rotatable bonds is 8. The molecule has 2 aromatic rings. The average molecular weight is 632 g/mol. The van der Waals surface area contributed by atoms with Crippen molar-refractivity contribution in [1.29, 1.82) is 0 Å². The summed E-state index contributed by atoms with van der Waals surface area (Å²) < 4.78 is 47.3. The fraction of sp³-hybridized carbons (Fsp3) is 0.552. The van der Waals surface area contributed by atoms with E-state index >= 15 is 0 Å². The number of nitrogen functional groups attached to an aromatic ring is 1. The van der Waals surface area contributed by atoms with E-state index in [2.05, 4.69) is 19.9 Å². The maximum absolute atomic E-state index is 14.0. The highest BCUT2D eigenvalue weighted by Gasteiger charge is 2.37. The third kappa shape index (κ3) is 7.67. The van der Waals surface area contributed by atoms with E-state index in [9.17, 15) is 27.6 Å². The monoisotopic (exact) mass is 631 g/mol. The highest BCUT2D eigenvalue weighted by molar-refractivity contribution is 5.92. The predicted molar refractivity (Wildman–Crippen MR) is 158 cm³/mol. The number of likely N-dealkylation sites (tertiary alicyclic amines) is 1. The van der Waals surface area contributed by atoms with Crippen LogP contribution in [0.2, 0.25) is 0 Å². The van der Waals surface area contributed by atoms with E-state index in [4.69, 9.17) is 10.5 Å². The largest absolute Gasteiger partial charge is 0.417 e. The molecule has 0 aliphatic carbocycles. The van der Waals surface area contributed by atoms with Gasteiger partial charge in [-0.2, -0.15) is 28.1 Å². The SMILES string of the molecule is C/C=C/C(=O)CCC(=O)N1CC[C@H](C(=O)N2CCN(c3nc(-c4cnc(N)cc4C(F)(F)F)nc(N4CCOCC4)n3)CC2)C1. The van der Waals surface area contributed by atoms with Crippen molar-refractivity contribution in [3.05, 3.63) is 30.0 Å². The Labute approximate surface area is 258 Å². The number of nitrogens with zero attached hydrogens (tertiary/aromatic N) is 8. The summed E-state index contributed by atoms with van der Waals surface area (Å²) in [4.78, 5) is 62.0. The van der Waals surface area contributed by atoms with Crippen molar-refractivity contribution < 1.29 is 32.3 Å². The molecular weight excluding hydrogens is 595 g/mol. The summed E-state index contributed by atoms with van der Waals surface area (Å²) in [6.45, 7) is 5.70. The van der Waals surface area contributed by atoms with E-state index in [1.165, 1.54) is 6.08 Å². The van der Waals surface area contributed by atoms with Crippen LogP contribution in [0.3, 0.4) is 0 Å². The molecule has 2 N–H and O–H groups in total. The molecule has 242 valence electrons. The maximum Gasteiger partial charge on any atom is 0.417 e. The standard InChI is InChI=1S/C29H36F3N9O4/c1-2-3-20(42)4-5-24(43)41-7-6-19(18-41)26(44)38-8-10-39(11-9-38)27-35-25(36-28(37-27)40-12-14-45-15-13-40)21-17-34-23(33)16-22(21)29(30,31)32/h2-3,16-17,19H,4-15,18H2,1H3,(H2,33,34)/b3-2+/t19-/m0/s1. The van der Waals surface area contributed by atoms with Crippen LogP contribution >= 0.6 is 0 Å². The van der Waals surface area contributed by atoms with Gasteiger partial charge in [-0.15, -0.1) is 0 Å². The molecule has 3 saturated heterocycles. The number of hydrogen-bond acceptors (Lipinski definition) is 11. The second-order valence-corrected chi connectivity index (χ2v) is 11.1. The summed E-state index contributed by atoms with van der Waals surface area (Å²) in [7, 11) is 0. The zero-order valence-electron chi connectivity index (χ0n) is 25.0. The van der Waals surface area contributed by atoms with Gasteiger partial charge in [0.25, 0.3) is 0 Å². The van der Waals surface area contributed by atoms with E-state index in [-0.39, 0.29) is 65.5 Å². The minimum absolute atomic E-state index is 0.0527. The normalized spacial score (nSPS) is 19.4. The van der Waals surface area contributed by atoms with Crippen LogP contribution in [0.15, 0.2) is 24.4 Å². The van der Waals surface area contributed by atoms with Gasteiger partial charge in [0.2, 0.25) is 23.7 Å². The molecule has 3 aliphatic heterocycles. The van der Waals surface area contributed by atoms with Crippen LogP contribution in [-0.2, 0) is 25.3 Å². The van der Waals surface area contributed by atoms with Crippen LogP contribution in [0.1, 0.15) is 31.7 Å². The third-order valence-electron chi connectivity index (χ3n) is 8.08. The number of ketones is 1. The first kappa shape index (κ1) is 32.1. The molecule has 0 saturated carbocycles. The van der Waals surface area contributed by atoms with Crippen LogP contribution in [0.25, 0.3) is 11.4 Å². The van der Waals surface area contributed by atoms with Gasteiger partial charge >= 0.3 is 6.18 Å². The van der Waals surface area contributed by atoms with Crippen molar-refractivity contribution >= 4 is 35.3 Å². The Hall–Kier alpha value is -4.34. The molecule has 3 aliphatic rings. The summed E-state index contributed by atoms with van der Waals surface area (Å²) >= 11 is 0. The molecule has 2 amide bonds. The average Bonchev–Trinajstić information content (AvgIpc) is 3.54. The number of amides is 2. The fourth-order valence-electron chi connectivity index (χ4n) is 5.64. The minimum Gasteiger partial charge on any atom is -0.384 e. The number of carbonyl (C=O) groups excluding carboxylic acids is 3. The molecule has 0 radical (unpaired) electrons. The van der Waals surface area contributed by atoms with Crippen LogP contribution in [-0.4, -0.2) is 113 Å². The smallest absolute Gasteiger partial charge is 0.384 e. The number of aromatic nitrogens is 4. The van der Waals surface area contributed by atoms with Gasteiger partial charge in [0.15, 0.2) is 11.6 Å². The minimum atomic E-state index is -4.71. The molecule has 45 heavy (non-hydrogen) atoms. The summed E-state index contributed by atoms with van der Waals surface area (Å²) in [5.74, 6) is -0.658. The Morgan fingerprint density at radius 1 is 0.956 bits per heavy atom. The fourth-order valence-corrected chi connectivity index (χ4v) is 5.64. The van der Waals surface area contributed by atoms with Crippen LogP contribution < -0.4 is 15.5 Å². The number of morpholine rings is 1. The lowest BCUT2D eigenvalue weighted by molar-refractivity contribution is -0.137. The van der Waals surface area contributed by atoms with Crippen molar-refractivity contribution in [2.75, 3.05) is 81.1 Å². The summed E-state index contributed by atoms with van der Waals surface area (Å²) in [5.41, 5.74) is 4.27. The van der Waals surface area contributed by atoms with E-state index in [0.717, 1.165) is 12.3 Å². The molecule has 0 unspecified atom stereocenters. The van der Waals surface area contributed by atoms with E-state index in [0.29, 0.717) is 72.0 Å². The Morgan fingerprint density at radius 3 is 2.27 bits per heavy atom. The molecule has 5 heterocycles. The van der Waals surface area contributed by atoms with Gasteiger partial charge in [0, 0.05) is 71.4 Å². The number of carbonyl (C=O) groups is 3. The van der Waals surface area contributed by atoms with Gasteiger partial charge in [-0.1, -0.05) is 6.08 Å². The van der Waals surface area contributed by atoms with Gasteiger partial charge in [-0.3, -0.25) is 14.4 Å². The Bertz CT molecular complexity index is 1440. The highest BCUT2D eigenvalue weighted by atomic mass is 19.4. The van der Waals surface area contributed by atoms with Crippen LogP contribution in [0.5, 0.6) is 0 Å². The molecule has 0 spiro atoms. The van der Waals surface area contributed by atoms with Gasteiger partial charge < -0.3 is 30.1 Å². The lowest BCUT2D eigenvalue weighted by Crippen LogP contribution is -2.51. The Kier molecular flexibility index (Phi) is 9.80. The number of allylic oxidation sites excluding steroid dienone is 2. The quantitative estimate of drug-likeness (QED) is 0.425. The molecule has 1 atom stereocenters. The Morgan fingerprint density at radius 2 is 1.62 bits per heavy atom. The lowest BCUT2D eigenvalue weighted by atomic mass is 10.1. The molecule has 13 nitrogen and oxygen atoms in total. The second-order valence-electron chi connectivity index (χ2n) is 11.1. The molecule has 2 aromatic heterocycles. The highest BCUT2D eigenvalue weighted by Crippen LogP contribution is 2.37. The van der Waals surface area contributed by atoms with Crippen molar-refractivity contribution in [3.63, 3.8) is 0 Å². The van der Waals surface area contributed by atoms with Crippen molar-refractivity contribution in [1.82, 2.24) is 29.7 Å².